The van der Waals surface area contributed by atoms with Crippen LogP contribution in [-0.2, 0) is 23.8 Å². The highest BCUT2D eigenvalue weighted by molar-refractivity contribution is 6.03. The summed E-state index contributed by atoms with van der Waals surface area (Å²) in [5.74, 6) is -1.39. The Labute approximate surface area is 166 Å². The number of methoxy groups -OCH3 is 2. The molecule has 0 unspecified atom stereocenters. The zero-order chi connectivity index (χ0) is 21.0. The fourth-order valence-corrected chi connectivity index (χ4v) is 3.05. The molecule has 0 spiro atoms. The fourth-order valence-electron chi connectivity index (χ4n) is 3.05. The van der Waals surface area contributed by atoms with E-state index in [-0.39, 0.29) is 30.3 Å². The SMILES string of the molecule is COC(=O)C1=C(C(=O)OC)N(c2ccc(-c3ccccc3[N+](=O)[O-])cc2)COC1. The predicted octanol–water partition coefficient (Wildman–Crippen LogP) is 2.66. The first-order valence-electron chi connectivity index (χ1n) is 8.56. The van der Waals surface area contributed by atoms with E-state index in [4.69, 9.17) is 14.2 Å². The molecule has 0 radical (unpaired) electrons. The quantitative estimate of drug-likeness (QED) is 0.430. The molecular weight excluding hydrogens is 380 g/mol. The number of esters is 2. The molecule has 0 saturated carbocycles. The summed E-state index contributed by atoms with van der Waals surface area (Å²) in [6.45, 7) is -0.0579. The van der Waals surface area contributed by atoms with Crippen molar-refractivity contribution in [3.63, 3.8) is 0 Å². The molecule has 0 atom stereocenters. The molecule has 9 heteroatoms. The van der Waals surface area contributed by atoms with Gasteiger partial charge in [0.15, 0.2) is 0 Å². The van der Waals surface area contributed by atoms with Crippen molar-refractivity contribution in [1.82, 2.24) is 0 Å². The van der Waals surface area contributed by atoms with Gasteiger partial charge >= 0.3 is 11.9 Å². The number of rotatable bonds is 5. The average molecular weight is 398 g/mol. The number of nitrogens with zero attached hydrogens (tertiary/aromatic N) is 2. The lowest BCUT2D eigenvalue weighted by molar-refractivity contribution is -0.384. The molecule has 0 amide bonds. The minimum atomic E-state index is -0.698. The summed E-state index contributed by atoms with van der Waals surface area (Å²) in [7, 11) is 2.43. The van der Waals surface area contributed by atoms with Gasteiger partial charge in [-0.25, -0.2) is 9.59 Å². The summed E-state index contributed by atoms with van der Waals surface area (Å²) < 4.78 is 15.0. The molecule has 1 aliphatic rings. The zero-order valence-electron chi connectivity index (χ0n) is 15.8. The van der Waals surface area contributed by atoms with Crippen molar-refractivity contribution < 1.29 is 28.7 Å². The van der Waals surface area contributed by atoms with Crippen molar-refractivity contribution in [2.75, 3.05) is 32.5 Å². The van der Waals surface area contributed by atoms with Crippen LogP contribution in [0, 0.1) is 10.1 Å². The number of para-hydroxylation sites is 1. The molecule has 0 saturated heterocycles. The number of ether oxygens (including phenoxy) is 3. The molecule has 0 aromatic heterocycles. The van der Waals surface area contributed by atoms with Gasteiger partial charge in [0, 0.05) is 11.8 Å². The Morgan fingerprint density at radius 1 is 1.03 bits per heavy atom. The number of hydrogen-bond donors (Lipinski definition) is 0. The highest BCUT2D eigenvalue weighted by Crippen LogP contribution is 2.32. The Hall–Kier alpha value is -3.72. The molecule has 1 heterocycles. The summed E-state index contributed by atoms with van der Waals surface area (Å²) in [5.41, 5.74) is 1.73. The van der Waals surface area contributed by atoms with Gasteiger partial charge < -0.3 is 19.1 Å². The second-order valence-corrected chi connectivity index (χ2v) is 6.04. The number of nitro benzene ring substituents is 1. The number of benzene rings is 2. The lowest BCUT2D eigenvalue weighted by Crippen LogP contribution is -2.38. The maximum atomic E-state index is 12.3. The Morgan fingerprint density at radius 3 is 2.31 bits per heavy atom. The van der Waals surface area contributed by atoms with E-state index in [1.807, 2.05) is 0 Å². The number of carbonyl (C=O) groups excluding carboxylic acids is 2. The predicted molar refractivity (Wildman–Crippen MR) is 103 cm³/mol. The van der Waals surface area contributed by atoms with Crippen molar-refractivity contribution in [2.45, 2.75) is 0 Å². The van der Waals surface area contributed by atoms with Crippen LogP contribution in [0.3, 0.4) is 0 Å². The topological polar surface area (TPSA) is 108 Å². The highest BCUT2D eigenvalue weighted by Gasteiger charge is 2.32. The van der Waals surface area contributed by atoms with Gasteiger partial charge in [0.05, 0.1) is 36.9 Å². The van der Waals surface area contributed by atoms with Gasteiger partial charge in [-0.15, -0.1) is 0 Å². The minimum Gasteiger partial charge on any atom is -0.466 e. The Morgan fingerprint density at radius 2 is 1.69 bits per heavy atom. The third kappa shape index (κ3) is 3.94. The first-order valence-corrected chi connectivity index (χ1v) is 8.56. The van der Waals surface area contributed by atoms with E-state index in [2.05, 4.69) is 0 Å². The number of hydrogen-bond acceptors (Lipinski definition) is 8. The van der Waals surface area contributed by atoms with Gasteiger partial charge in [0.1, 0.15) is 12.4 Å². The fraction of sp³-hybridized carbons (Fsp3) is 0.200. The van der Waals surface area contributed by atoms with Crippen LogP contribution in [0.15, 0.2) is 59.8 Å². The van der Waals surface area contributed by atoms with E-state index in [1.54, 1.807) is 42.5 Å². The summed E-state index contributed by atoms with van der Waals surface area (Å²) in [5, 5.41) is 11.3. The lowest BCUT2D eigenvalue weighted by Gasteiger charge is -2.31. The Bertz CT molecular complexity index is 983. The molecule has 0 fully saturated rings. The first kappa shape index (κ1) is 20.0. The van der Waals surface area contributed by atoms with Crippen molar-refractivity contribution in [1.29, 1.82) is 0 Å². The van der Waals surface area contributed by atoms with Crippen LogP contribution < -0.4 is 4.90 Å². The summed E-state index contributed by atoms with van der Waals surface area (Å²) in [6.07, 6.45) is 0. The average Bonchev–Trinajstić information content (AvgIpc) is 2.77. The normalized spacial score (nSPS) is 13.8. The van der Waals surface area contributed by atoms with Crippen LogP contribution in [0.1, 0.15) is 0 Å². The molecule has 3 rings (SSSR count). The molecule has 2 aromatic rings. The summed E-state index contributed by atoms with van der Waals surface area (Å²) in [6, 6.07) is 13.2. The standard InChI is InChI=1S/C20H18N2O7/c1-27-19(23)16-11-29-12-21(18(16)20(24)28-2)14-9-7-13(8-10-14)15-5-3-4-6-17(15)22(25)26/h3-10H,11-12H2,1-2H3. The number of anilines is 1. The van der Waals surface area contributed by atoms with E-state index in [0.29, 0.717) is 16.8 Å². The monoisotopic (exact) mass is 398 g/mol. The van der Waals surface area contributed by atoms with E-state index >= 15 is 0 Å². The number of carbonyl (C=O) groups is 2. The van der Waals surface area contributed by atoms with Gasteiger partial charge in [-0.2, -0.15) is 0 Å². The Kier molecular flexibility index (Phi) is 5.89. The number of nitro groups is 1. The lowest BCUT2D eigenvalue weighted by atomic mass is 10.0. The smallest absolute Gasteiger partial charge is 0.355 e. The van der Waals surface area contributed by atoms with E-state index in [0.717, 1.165) is 0 Å². The van der Waals surface area contributed by atoms with E-state index in [9.17, 15) is 19.7 Å². The van der Waals surface area contributed by atoms with Crippen LogP contribution in [0.5, 0.6) is 0 Å². The molecule has 150 valence electrons. The third-order valence-electron chi connectivity index (χ3n) is 4.42. The molecule has 0 aliphatic carbocycles. The van der Waals surface area contributed by atoms with Gasteiger partial charge in [-0.05, 0) is 23.8 Å². The molecule has 0 bridgehead atoms. The van der Waals surface area contributed by atoms with E-state index in [1.165, 1.54) is 25.2 Å². The minimum absolute atomic E-state index is 0.00956. The highest BCUT2D eigenvalue weighted by atomic mass is 16.6. The molecule has 29 heavy (non-hydrogen) atoms. The molecule has 1 aliphatic heterocycles. The van der Waals surface area contributed by atoms with Gasteiger partial charge in [-0.1, -0.05) is 24.3 Å². The first-order chi connectivity index (χ1) is 14.0. The van der Waals surface area contributed by atoms with Crippen molar-refractivity contribution in [2.24, 2.45) is 0 Å². The van der Waals surface area contributed by atoms with Gasteiger partial charge in [-0.3, -0.25) is 10.1 Å². The van der Waals surface area contributed by atoms with Gasteiger partial charge in [0.25, 0.3) is 5.69 Å². The third-order valence-corrected chi connectivity index (χ3v) is 4.42. The summed E-state index contributed by atoms with van der Waals surface area (Å²) >= 11 is 0. The van der Waals surface area contributed by atoms with Crippen molar-refractivity contribution in [3.05, 3.63) is 69.9 Å². The van der Waals surface area contributed by atoms with Crippen LogP contribution >= 0.6 is 0 Å². The van der Waals surface area contributed by atoms with Crippen LogP contribution in [0.2, 0.25) is 0 Å². The molecule has 9 nitrogen and oxygen atoms in total. The zero-order valence-corrected chi connectivity index (χ0v) is 15.8. The second kappa shape index (κ2) is 8.53. The molecule has 0 N–H and O–H groups in total. The summed E-state index contributed by atoms with van der Waals surface area (Å²) in [4.78, 5) is 36.7. The second-order valence-electron chi connectivity index (χ2n) is 6.04. The van der Waals surface area contributed by atoms with E-state index < -0.39 is 16.9 Å². The largest absolute Gasteiger partial charge is 0.466 e. The van der Waals surface area contributed by atoms with Crippen LogP contribution in [0.25, 0.3) is 11.1 Å². The van der Waals surface area contributed by atoms with Crippen molar-refractivity contribution >= 4 is 23.3 Å². The maximum absolute atomic E-state index is 12.3. The van der Waals surface area contributed by atoms with Crippen LogP contribution in [-0.4, -0.2) is 44.4 Å². The Balaban J connectivity index is 2.02. The van der Waals surface area contributed by atoms with Crippen LogP contribution in [0.4, 0.5) is 11.4 Å². The molecular formula is C20H18N2O7. The molecule has 2 aromatic carbocycles. The maximum Gasteiger partial charge on any atom is 0.355 e. The van der Waals surface area contributed by atoms with Crippen molar-refractivity contribution in [3.8, 4) is 11.1 Å². The van der Waals surface area contributed by atoms with Gasteiger partial charge in [0.2, 0.25) is 0 Å².